The normalized spacial score (nSPS) is 11.0. The zero-order valence-corrected chi connectivity index (χ0v) is 16.7. The van der Waals surface area contributed by atoms with Gasteiger partial charge < -0.3 is 0 Å². The summed E-state index contributed by atoms with van der Waals surface area (Å²) in [6.07, 6.45) is 1.05. The molecule has 0 saturated carbocycles. The quantitative estimate of drug-likeness (QED) is 0.339. The Morgan fingerprint density at radius 2 is 0.920 bits per heavy atom. The minimum atomic E-state index is 0.452. The van der Waals surface area contributed by atoms with Gasteiger partial charge in [0.05, 0.1) is 4.58 Å². The summed E-state index contributed by atoms with van der Waals surface area (Å²) in [5.41, 5.74) is 5.34. The Balaban J connectivity index is 1.77. The number of hydrogen-bond acceptors (Lipinski definition) is 2. The monoisotopic (exact) mass is 364 g/mol. The summed E-state index contributed by atoms with van der Waals surface area (Å²) in [4.78, 5) is 2.67. The van der Waals surface area contributed by atoms with Crippen molar-refractivity contribution in [3.05, 3.63) is 95.1 Å². The van der Waals surface area contributed by atoms with Crippen molar-refractivity contribution >= 4 is 23.5 Å². The molecule has 0 radical (unpaired) electrons. The summed E-state index contributed by atoms with van der Waals surface area (Å²) in [5, 5.41) is 0. The highest BCUT2D eigenvalue weighted by Gasteiger charge is 2.14. The van der Waals surface area contributed by atoms with Crippen molar-refractivity contribution in [2.75, 3.05) is 0 Å². The molecule has 3 aromatic rings. The second kappa shape index (κ2) is 8.64. The van der Waals surface area contributed by atoms with Gasteiger partial charge in [0, 0.05) is 9.79 Å². The SMILES string of the molecule is Cc1ccc(CC(Sc2ccc(C)cc2)Sc2ccc(C)cc2)cc1. The minimum Gasteiger partial charge on any atom is -0.111 e. The average Bonchev–Trinajstić information content (AvgIpc) is 2.61. The Morgan fingerprint density at radius 3 is 1.32 bits per heavy atom. The fourth-order valence-electron chi connectivity index (χ4n) is 2.56. The van der Waals surface area contributed by atoms with E-state index in [1.807, 2.05) is 23.5 Å². The van der Waals surface area contributed by atoms with Gasteiger partial charge in [0.15, 0.2) is 0 Å². The van der Waals surface area contributed by atoms with Gasteiger partial charge in [-0.1, -0.05) is 65.2 Å². The molecule has 3 aromatic carbocycles. The summed E-state index contributed by atoms with van der Waals surface area (Å²) in [7, 11) is 0. The number of thioether (sulfide) groups is 2. The summed E-state index contributed by atoms with van der Waals surface area (Å²) in [6.45, 7) is 6.42. The van der Waals surface area contributed by atoms with Crippen LogP contribution in [0.3, 0.4) is 0 Å². The molecule has 0 aliphatic carbocycles. The number of aryl methyl sites for hydroxylation is 3. The third-order valence-electron chi connectivity index (χ3n) is 4.10. The molecular formula is C23H24S2. The van der Waals surface area contributed by atoms with Gasteiger partial charge in [0.2, 0.25) is 0 Å². The standard InChI is InChI=1S/C23H24S2/c1-17-4-10-20(11-5-17)16-23(24-21-12-6-18(2)7-13-21)25-22-14-8-19(3)9-15-22/h4-15,23H,16H2,1-3H3. The van der Waals surface area contributed by atoms with Gasteiger partial charge in [0.25, 0.3) is 0 Å². The largest absolute Gasteiger partial charge is 0.111 e. The third kappa shape index (κ3) is 5.69. The molecule has 0 nitrogen and oxygen atoms in total. The summed E-state index contributed by atoms with van der Waals surface area (Å²) in [6, 6.07) is 26.7. The lowest BCUT2D eigenvalue weighted by atomic mass is 10.1. The maximum Gasteiger partial charge on any atom is 0.0637 e. The summed E-state index contributed by atoms with van der Waals surface area (Å²) in [5.74, 6) is 0. The molecule has 0 heterocycles. The van der Waals surface area contributed by atoms with Crippen LogP contribution in [0.15, 0.2) is 82.6 Å². The van der Waals surface area contributed by atoms with Gasteiger partial charge in [-0.3, -0.25) is 0 Å². The van der Waals surface area contributed by atoms with E-state index < -0.39 is 0 Å². The molecule has 0 atom stereocenters. The van der Waals surface area contributed by atoms with Crippen LogP contribution in [-0.4, -0.2) is 4.58 Å². The molecule has 0 aromatic heterocycles. The highest BCUT2D eigenvalue weighted by molar-refractivity contribution is 8.17. The summed E-state index contributed by atoms with van der Waals surface area (Å²) < 4.78 is 0.452. The van der Waals surface area contributed by atoms with Gasteiger partial charge in [-0.15, -0.1) is 23.5 Å². The minimum absolute atomic E-state index is 0.452. The van der Waals surface area contributed by atoms with Gasteiger partial charge in [-0.2, -0.15) is 0 Å². The maximum atomic E-state index is 2.26. The Kier molecular flexibility index (Phi) is 6.28. The van der Waals surface area contributed by atoms with Gasteiger partial charge >= 0.3 is 0 Å². The van der Waals surface area contributed by atoms with E-state index in [9.17, 15) is 0 Å². The fraction of sp³-hybridized carbons (Fsp3) is 0.217. The molecule has 128 valence electrons. The smallest absolute Gasteiger partial charge is 0.0637 e. The van der Waals surface area contributed by atoms with Crippen LogP contribution in [0.1, 0.15) is 22.3 Å². The van der Waals surface area contributed by atoms with E-state index in [1.165, 1.54) is 32.0 Å². The predicted octanol–water partition coefficient (Wildman–Crippen LogP) is 7.07. The van der Waals surface area contributed by atoms with Crippen molar-refractivity contribution in [1.29, 1.82) is 0 Å². The Labute approximate surface area is 160 Å². The average molecular weight is 365 g/mol. The Hall–Kier alpha value is -1.64. The van der Waals surface area contributed by atoms with Crippen LogP contribution < -0.4 is 0 Å². The van der Waals surface area contributed by atoms with E-state index >= 15 is 0 Å². The lowest BCUT2D eigenvalue weighted by molar-refractivity contribution is 1.10. The fourth-order valence-corrected chi connectivity index (χ4v) is 5.17. The third-order valence-corrected chi connectivity index (χ3v) is 6.63. The molecule has 0 unspecified atom stereocenters. The molecule has 0 saturated heterocycles. The van der Waals surface area contributed by atoms with Crippen LogP contribution in [0.2, 0.25) is 0 Å². The number of hydrogen-bond donors (Lipinski definition) is 0. The number of benzene rings is 3. The predicted molar refractivity (Wildman–Crippen MR) is 113 cm³/mol. The molecule has 0 aliphatic rings. The molecule has 0 fully saturated rings. The van der Waals surface area contributed by atoms with Crippen LogP contribution in [0.5, 0.6) is 0 Å². The first-order valence-corrected chi connectivity index (χ1v) is 10.4. The molecule has 0 bridgehead atoms. The lowest BCUT2D eigenvalue weighted by Crippen LogP contribution is -2.02. The Morgan fingerprint density at radius 1 is 0.560 bits per heavy atom. The highest BCUT2D eigenvalue weighted by atomic mass is 32.2. The molecule has 25 heavy (non-hydrogen) atoms. The van der Waals surface area contributed by atoms with Crippen LogP contribution in [0, 0.1) is 20.8 Å². The van der Waals surface area contributed by atoms with E-state index in [2.05, 4.69) is 93.6 Å². The molecule has 0 N–H and O–H groups in total. The van der Waals surface area contributed by atoms with Crippen LogP contribution in [0.4, 0.5) is 0 Å². The van der Waals surface area contributed by atoms with Crippen LogP contribution >= 0.6 is 23.5 Å². The summed E-state index contributed by atoms with van der Waals surface area (Å²) >= 11 is 3.92. The topological polar surface area (TPSA) is 0 Å². The zero-order valence-electron chi connectivity index (χ0n) is 15.0. The molecule has 0 aliphatic heterocycles. The number of rotatable bonds is 6. The molecule has 0 amide bonds. The van der Waals surface area contributed by atoms with Crippen molar-refractivity contribution in [2.45, 2.75) is 41.6 Å². The molecule has 3 rings (SSSR count). The van der Waals surface area contributed by atoms with Gasteiger partial charge in [0.1, 0.15) is 0 Å². The first kappa shape index (κ1) is 18.2. The second-order valence-corrected chi connectivity index (χ2v) is 9.33. The van der Waals surface area contributed by atoms with Gasteiger partial charge in [-0.05, 0) is 57.0 Å². The van der Waals surface area contributed by atoms with Crippen molar-refractivity contribution in [3.63, 3.8) is 0 Å². The zero-order chi connectivity index (χ0) is 17.6. The molecule has 0 spiro atoms. The van der Waals surface area contributed by atoms with E-state index in [0.717, 1.165) is 6.42 Å². The molecule has 2 heteroatoms. The highest BCUT2D eigenvalue weighted by Crippen LogP contribution is 2.37. The van der Waals surface area contributed by atoms with E-state index in [4.69, 9.17) is 0 Å². The van der Waals surface area contributed by atoms with Crippen LogP contribution in [-0.2, 0) is 6.42 Å². The first-order chi connectivity index (χ1) is 12.1. The van der Waals surface area contributed by atoms with Crippen molar-refractivity contribution in [2.24, 2.45) is 0 Å². The second-order valence-electron chi connectivity index (χ2n) is 6.48. The van der Waals surface area contributed by atoms with E-state index in [-0.39, 0.29) is 0 Å². The van der Waals surface area contributed by atoms with Gasteiger partial charge in [-0.25, -0.2) is 0 Å². The van der Waals surface area contributed by atoms with Crippen molar-refractivity contribution in [3.8, 4) is 0 Å². The van der Waals surface area contributed by atoms with E-state index in [1.54, 1.807) is 0 Å². The van der Waals surface area contributed by atoms with Crippen molar-refractivity contribution < 1.29 is 0 Å². The van der Waals surface area contributed by atoms with E-state index in [0.29, 0.717) is 4.58 Å². The lowest BCUT2D eigenvalue weighted by Gasteiger charge is -2.17. The van der Waals surface area contributed by atoms with Crippen LogP contribution in [0.25, 0.3) is 0 Å². The Bertz CT molecular complexity index is 674. The van der Waals surface area contributed by atoms with Crippen molar-refractivity contribution in [1.82, 2.24) is 0 Å². The molecular weight excluding hydrogens is 340 g/mol. The first-order valence-electron chi connectivity index (χ1n) is 8.61. The maximum absolute atomic E-state index is 2.26.